The van der Waals surface area contributed by atoms with E-state index in [0.29, 0.717) is 24.8 Å². The van der Waals surface area contributed by atoms with Gasteiger partial charge >= 0.3 is 6.18 Å². The first-order valence-corrected chi connectivity index (χ1v) is 9.96. The maximum atomic E-state index is 13.6. The third kappa shape index (κ3) is 4.56. The lowest BCUT2D eigenvalue weighted by Gasteiger charge is -2.41. The monoisotopic (exact) mass is 421 g/mol. The van der Waals surface area contributed by atoms with Crippen LogP contribution >= 0.6 is 0 Å². The summed E-state index contributed by atoms with van der Waals surface area (Å²) in [6.45, 7) is 7.43. The molecule has 0 aliphatic carbocycles. The van der Waals surface area contributed by atoms with Gasteiger partial charge in [0.15, 0.2) is 0 Å². The first-order valence-electron chi connectivity index (χ1n) is 9.96. The molecule has 162 valence electrons. The zero-order valence-electron chi connectivity index (χ0n) is 17.2. The highest BCUT2D eigenvalue weighted by Gasteiger charge is 2.38. The average Bonchev–Trinajstić information content (AvgIpc) is 2.72. The fourth-order valence-corrected chi connectivity index (χ4v) is 3.59. The minimum atomic E-state index is -4.72. The van der Waals surface area contributed by atoms with Crippen LogP contribution in [0.2, 0.25) is 0 Å². The summed E-state index contributed by atoms with van der Waals surface area (Å²) in [5.74, 6) is -0.333. The van der Waals surface area contributed by atoms with Crippen molar-refractivity contribution < 1.29 is 18.0 Å². The van der Waals surface area contributed by atoms with E-state index in [4.69, 9.17) is 5.73 Å². The molecule has 9 heteroatoms. The number of halogens is 3. The Labute approximate surface area is 173 Å². The lowest BCUT2D eigenvalue weighted by molar-refractivity contribution is -0.138. The molecule has 2 aromatic heterocycles. The predicted octanol–water partition coefficient (Wildman–Crippen LogP) is 3.52. The van der Waals surface area contributed by atoms with Crippen molar-refractivity contribution in [3.63, 3.8) is 0 Å². The molecule has 0 amide bonds. The number of anilines is 2. The zero-order chi connectivity index (χ0) is 22.1. The van der Waals surface area contributed by atoms with Crippen molar-refractivity contribution in [3.8, 4) is 0 Å². The van der Waals surface area contributed by atoms with Crippen molar-refractivity contribution in [1.29, 1.82) is 0 Å². The summed E-state index contributed by atoms with van der Waals surface area (Å²) in [4.78, 5) is 22.9. The van der Waals surface area contributed by atoms with E-state index in [1.54, 1.807) is 0 Å². The van der Waals surface area contributed by atoms with Crippen molar-refractivity contribution in [1.82, 2.24) is 15.3 Å². The molecule has 1 aliphatic rings. The van der Waals surface area contributed by atoms with Gasteiger partial charge in [-0.1, -0.05) is 20.8 Å². The van der Waals surface area contributed by atoms with E-state index < -0.39 is 23.2 Å². The van der Waals surface area contributed by atoms with E-state index >= 15 is 0 Å². The fourth-order valence-electron chi connectivity index (χ4n) is 3.59. The molecule has 3 rings (SSSR count). The Morgan fingerprint density at radius 2 is 2.03 bits per heavy atom. The minimum Gasteiger partial charge on any atom is -0.383 e. The van der Waals surface area contributed by atoms with Crippen molar-refractivity contribution in [3.05, 3.63) is 47.3 Å². The van der Waals surface area contributed by atoms with Gasteiger partial charge < -0.3 is 16.0 Å². The number of hydrogen-bond acceptors (Lipinski definition) is 6. The summed E-state index contributed by atoms with van der Waals surface area (Å²) < 4.78 is 40.9. The number of nitrogens with zero attached hydrogens (tertiary/aromatic N) is 3. The summed E-state index contributed by atoms with van der Waals surface area (Å²) in [6, 6.07) is 5.42. The van der Waals surface area contributed by atoms with Gasteiger partial charge in [-0.05, 0) is 36.6 Å². The van der Waals surface area contributed by atoms with Crippen LogP contribution < -0.4 is 16.0 Å². The minimum absolute atomic E-state index is 0.0977. The number of carbonyl (C=O) groups is 1. The largest absolute Gasteiger partial charge is 0.418 e. The highest BCUT2D eigenvalue weighted by atomic mass is 19.4. The lowest BCUT2D eigenvalue weighted by Crippen LogP contribution is -2.58. The van der Waals surface area contributed by atoms with Gasteiger partial charge in [0.25, 0.3) is 0 Å². The van der Waals surface area contributed by atoms with Crippen LogP contribution in [0.1, 0.15) is 48.8 Å². The van der Waals surface area contributed by atoms with Crippen molar-refractivity contribution in [2.24, 2.45) is 5.92 Å². The molecular formula is C21H26F3N5O. The standard InChI is InChI=1S/C21H26F3N5O/c1-4-13-10-29(11-16(27-13)12(2)3)17-8-7-15(21(22,23)24)18(28-17)19(30)14-6-5-9-26-20(14)25/h5-9,12-13,16,27H,4,10-11H2,1-3H3,(H2,25,26)/t13-,16+/m0/s1. The third-order valence-corrected chi connectivity index (χ3v) is 5.41. The molecule has 0 saturated carbocycles. The molecule has 1 saturated heterocycles. The molecule has 30 heavy (non-hydrogen) atoms. The van der Waals surface area contributed by atoms with Crippen LogP contribution in [-0.2, 0) is 6.18 Å². The summed E-state index contributed by atoms with van der Waals surface area (Å²) in [5.41, 5.74) is 3.89. The van der Waals surface area contributed by atoms with Gasteiger partial charge in [0.1, 0.15) is 17.3 Å². The maximum Gasteiger partial charge on any atom is 0.418 e. The molecule has 0 aromatic carbocycles. The number of nitrogen functional groups attached to an aromatic ring is 1. The smallest absolute Gasteiger partial charge is 0.383 e. The molecule has 2 atom stereocenters. The van der Waals surface area contributed by atoms with Crippen molar-refractivity contribution in [2.45, 2.75) is 45.5 Å². The molecule has 1 fully saturated rings. The van der Waals surface area contributed by atoms with Crippen LogP contribution in [0.5, 0.6) is 0 Å². The van der Waals surface area contributed by atoms with Crippen LogP contribution in [0.25, 0.3) is 0 Å². The van der Waals surface area contributed by atoms with Gasteiger partial charge in [-0.3, -0.25) is 4.79 Å². The zero-order valence-corrected chi connectivity index (χ0v) is 17.2. The summed E-state index contributed by atoms with van der Waals surface area (Å²) in [7, 11) is 0. The van der Waals surface area contributed by atoms with Gasteiger partial charge in [-0.25, -0.2) is 9.97 Å². The van der Waals surface area contributed by atoms with Gasteiger partial charge in [-0.15, -0.1) is 0 Å². The molecule has 0 unspecified atom stereocenters. The molecule has 0 bridgehead atoms. The maximum absolute atomic E-state index is 13.6. The van der Waals surface area contributed by atoms with Crippen molar-refractivity contribution >= 4 is 17.4 Å². The van der Waals surface area contributed by atoms with E-state index in [9.17, 15) is 18.0 Å². The van der Waals surface area contributed by atoms with Crippen LogP contribution in [0.4, 0.5) is 24.8 Å². The van der Waals surface area contributed by atoms with Gasteiger partial charge in [-0.2, -0.15) is 13.2 Å². The second-order valence-electron chi connectivity index (χ2n) is 7.86. The summed E-state index contributed by atoms with van der Waals surface area (Å²) in [5, 5.41) is 3.57. The number of piperazine rings is 1. The van der Waals surface area contributed by atoms with Gasteiger partial charge in [0.2, 0.25) is 5.78 Å². The number of carbonyl (C=O) groups excluding carboxylic acids is 1. The van der Waals surface area contributed by atoms with Crippen LogP contribution in [0.3, 0.4) is 0 Å². The number of pyridine rings is 2. The predicted molar refractivity (Wildman–Crippen MR) is 109 cm³/mol. The summed E-state index contributed by atoms with van der Waals surface area (Å²) >= 11 is 0. The normalized spacial score (nSPS) is 19.9. The van der Waals surface area contributed by atoms with Crippen LogP contribution in [-0.4, -0.2) is 40.9 Å². The number of hydrogen-bond donors (Lipinski definition) is 2. The Morgan fingerprint density at radius 1 is 1.30 bits per heavy atom. The number of rotatable bonds is 5. The molecule has 0 radical (unpaired) electrons. The average molecular weight is 421 g/mol. The lowest BCUT2D eigenvalue weighted by atomic mass is 9.98. The Morgan fingerprint density at radius 3 is 2.63 bits per heavy atom. The first kappa shape index (κ1) is 22.0. The topological polar surface area (TPSA) is 84.1 Å². The molecule has 2 aromatic rings. The number of ketones is 1. The number of alkyl halides is 3. The number of nitrogens with two attached hydrogens (primary N) is 1. The van der Waals surface area contributed by atoms with Gasteiger partial charge in [0.05, 0.1) is 11.1 Å². The van der Waals surface area contributed by atoms with E-state index in [1.165, 1.54) is 24.4 Å². The Balaban J connectivity index is 2.05. The fraction of sp³-hybridized carbons (Fsp3) is 0.476. The number of aromatic nitrogens is 2. The third-order valence-electron chi connectivity index (χ3n) is 5.41. The Bertz CT molecular complexity index is 916. The molecular weight excluding hydrogens is 395 g/mol. The van der Waals surface area contributed by atoms with E-state index in [-0.39, 0.29) is 23.5 Å². The Hall–Kier alpha value is -2.68. The van der Waals surface area contributed by atoms with E-state index in [1.807, 2.05) is 4.90 Å². The first-order chi connectivity index (χ1) is 14.1. The molecule has 1 aliphatic heterocycles. The van der Waals surface area contributed by atoms with Crippen molar-refractivity contribution in [2.75, 3.05) is 23.7 Å². The summed E-state index contributed by atoms with van der Waals surface area (Å²) in [6.07, 6.45) is -2.47. The highest BCUT2D eigenvalue weighted by Crippen LogP contribution is 2.34. The highest BCUT2D eigenvalue weighted by molar-refractivity contribution is 6.11. The quantitative estimate of drug-likeness (QED) is 0.719. The molecule has 6 nitrogen and oxygen atoms in total. The van der Waals surface area contributed by atoms with Crippen LogP contribution in [0.15, 0.2) is 30.5 Å². The SMILES string of the molecule is CC[C@H]1CN(c2ccc(C(F)(F)F)c(C(=O)c3cccnc3N)n2)C[C@H](C(C)C)N1. The number of nitrogens with one attached hydrogen (secondary N) is 1. The second kappa shape index (κ2) is 8.59. The van der Waals surface area contributed by atoms with E-state index in [0.717, 1.165) is 12.5 Å². The molecule has 3 N–H and O–H groups in total. The van der Waals surface area contributed by atoms with Gasteiger partial charge in [0, 0.05) is 31.4 Å². The molecule has 3 heterocycles. The van der Waals surface area contributed by atoms with E-state index in [2.05, 4.69) is 36.1 Å². The second-order valence-corrected chi connectivity index (χ2v) is 7.86. The Kier molecular flexibility index (Phi) is 6.30. The molecule has 0 spiro atoms. The van der Waals surface area contributed by atoms with Crippen LogP contribution in [0, 0.1) is 5.92 Å².